The van der Waals surface area contributed by atoms with Gasteiger partial charge in [0.05, 0.1) is 24.4 Å². The minimum Gasteiger partial charge on any atom is -0.494 e. The number of carbonyl (C=O) groups excluding carboxylic acids is 2. The van der Waals surface area contributed by atoms with Crippen molar-refractivity contribution >= 4 is 34.3 Å². The maximum Gasteiger partial charge on any atom is 0.251 e. The number of amides is 2. The van der Waals surface area contributed by atoms with Gasteiger partial charge in [-0.2, -0.15) is 0 Å². The number of benzene rings is 2. The number of ether oxygens (including phenoxy) is 2. The maximum absolute atomic E-state index is 13.7. The lowest BCUT2D eigenvalue weighted by molar-refractivity contribution is -0.123. The van der Waals surface area contributed by atoms with Crippen LogP contribution in [0.25, 0.3) is 22.2 Å². The number of hydrogen-bond acceptors (Lipinski definition) is 7. The molecule has 4 aromatic rings. The van der Waals surface area contributed by atoms with Gasteiger partial charge in [-0.3, -0.25) is 14.6 Å². The first-order chi connectivity index (χ1) is 20.0. The van der Waals surface area contributed by atoms with Gasteiger partial charge in [-0.1, -0.05) is 11.6 Å². The van der Waals surface area contributed by atoms with Crippen molar-refractivity contribution in [3.63, 3.8) is 0 Å². The van der Waals surface area contributed by atoms with Gasteiger partial charge in [-0.25, -0.2) is 9.37 Å². The predicted molar refractivity (Wildman–Crippen MR) is 154 cm³/mol. The molecular formula is C31H28ClFN4O5. The molecule has 42 heavy (non-hydrogen) atoms. The average Bonchev–Trinajstić information content (AvgIpc) is 3.78. The van der Waals surface area contributed by atoms with Crippen molar-refractivity contribution in [3.8, 4) is 22.8 Å². The van der Waals surface area contributed by atoms with E-state index in [4.69, 9.17) is 31.8 Å². The summed E-state index contributed by atoms with van der Waals surface area (Å²) >= 11 is 6.12. The van der Waals surface area contributed by atoms with E-state index in [0.29, 0.717) is 62.7 Å². The highest BCUT2D eigenvalue weighted by molar-refractivity contribution is 6.31. The van der Waals surface area contributed by atoms with Gasteiger partial charge in [0.2, 0.25) is 5.91 Å². The van der Waals surface area contributed by atoms with E-state index in [1.807, 2.05) is 0 Å². The Kier molecular flexibility index (Phi) is 6.78. The number of nitrogens with one attached hydrogen (secondary N) is 1. The molecule has 2 aliphatic rings. The van der Waals surface area contributed by atoms with Crippen LogP contribution in [0.4, 0.5) is 4.39 Å². The van der Waals surface area contributed by atoms with E-state index in [9.17, 15) is 19.1 Å². The molecule has 1 saturated carbocycles. The summed E-state index contributed by atoms with van der Waals surface area (Å²) in [5, 5.41) is 16.0. The van der Waals surface area contributed by atoms with Gasteiger partial charge < -0.3 is 25.6 Å². The molecule has 1 aliphatic heterocycles. The number of hydrogen-bond donors (Lipinski definition) is 3. The molecule has 11 heteroatoms. The first-order valence-electron chi connectivity index (χ1n) is 13.4. The van der Waals surface area contributed by atoms with Crippen LogP contribution in [0.15, 0.2) is 54.7 Å². The molecule has 1 unspecified atom stereocenters. The Morgan fingerprint density at radius 3 is 2.64 bits per heavy atom. The first-order valence-corrected chi connectivity index (χ1v) is 13.8. The summed E-state index contributed by atoms with van der Waals surface area (Å²) in [5.74, 6) is -0.895. The van der Waals surface area contributed by atoms with Crippen molar-refractivity contribution < 1.29 is 28.6 Å². The molecule has 2 amide bonds. The molecule has 0 saturated heterocycles. The molecule has 0 spiro atoms. The molecule has 0 bridgehead atoms. The van der Waals surface area contributed by atoms with E-state index in [-0.39, 0.29) is 24.8 Å². The summed E-state index contributed by atoms with van der Waals surface area (Å²) in [4.78, 5) is 35.0. The van der Waals surface area contributed by atoms with Gasteiger partial charge in [0.1, 0.15) is 46.1 Å². The van der Waals surface area contributed by atoms with Crippen molar-refractivity contribution in [3.05, 3.63) is 82.4 Å². The number of pyridine rings is 2. The van der Waals surface area contributed by atoms with E-state index in [1.165, 1.54) is 25.4 Å². The molecule has 9 nitrogen and oxygen atoms in total. The molecule has 0 radical (unpaired) electrons. The van der Waals surface area contributed by atoms with Crippen molar-refractivity contribution in [1.29, 1.82) is 0 Å². The topological polar surface area (TPSA) is 137 Å². The van der Waals surface area contributed by atoms with Crippen LogP contribution in [0.2, 0.25) is 5.02 Å². The first kappa shape index (κ1) is 27.9. The van der Waals surface area contributed by atoms with Crippen LogP contribution < -0.4 is 20.5 Å². The molecule has 1 fully saturated rings. The van der Waals surface area contributed by atoms with E-state index in [1.54, 1.807) is 43.3 Å². The van der Waals surface area contributed by atoms with Gasteiger partial charge in [-0.05, 0) is 74.2 Å². The quantitative estimate of drug-likeness (QED) is 0.279. The summed E-state index contributed by atoms with van der Waals surface area (Å²) in [6.07, 6.45) is 2.93. The number of methoxy groups -OCH3 is 1. The Bertz CT molecular complexity index is 1750. The lowest BCUT2D eigenvalue weighted by atomic mass is 9.81. The third kappa shape index (κ3) is 4.70. The van der Waals surface area contributed by atoms with Gasteiger partial charge in [0.15, 0.2) is 0 Å². The van der Waals surface area contributed by atoms with Crippen LogP contribution in [0.3, 0.4) is 0 Å². The fourth-order valence-corrected chi connectivity index (χ4v) is 5.58. The van der Waals surface area contributed by atoms with Crippen LogP contribution in [0, 0.1) is 11.7 Å². The Balaban J connectivity index is 1.39. The number of halogens is 2. The summed E-state index contributed by atoms with van der Waals surface area (Å²) in [5.41, 5.74) is 5.52. The molecule has 2 aromatic carbocycles. The van der Waals surface area contributed by atoms with Gasteiger partial charge in [-0.15, -0.1) is 0 Å². The summed E-state index contributed by atoms with van der Waals surface area (Å²) in [6.45, 7) is 1.51. The van der Waals surface area contributed by atoms with Crippen molar-refractivity contribution in [2.45, 2.75) is 30.8 Å². The Hall–Kier alpha value is -4.28. The zero-order chi connectivity index (χ0) is 29.8. The highest BCUT2D eigenvalue weighted by atomic mass is 35.5. The zero-order valence-electron chi connectivity index (χ0n) is 22.9. The molecule has 6 rings (SSSR count). The normalized spacial score (nSPS) is 19.1. The van der Waals surface area contributed by atoms with E-state index < -0.39 is 28.6 Å². The second-order valence-corrected chi connectivity index (χ2v) is 11.4. The van der Waals surface area contributed by atoms with Gasteiger partial charge in [0.25, 0.3) is 5.91 Å². The second kappa shape index (κ2) is 10.2. The highest BCUT2D eigenvalue weighted by Crippen LogP contribution is 2.50. The number of fused-ring (bicyclic) bond motifs is 2. The van der Waals surface area contributed by atoms with Gasteiger partial charge >= 0.3 is 0 Å². The summed E-state index contributed by atoms with van der Waals surface area (Å²) in [6, 6.07) is 12.2. The molecule has 216 valence electrons. The van der Waals surface area contributed by atoms with Crippen LogP contribution in [-0.4, -0.2) is 47.2 Å². The maximum atomic E-state index is 13.7. The Morgan fingerprint density at radius 1 is 1.24 bits per heavy atom. The molecule has 1 aliphatic carbocycles. The lowest BCUT2D eigenvalue weighted by Crippen LogP contribution is -2.44. The lowest BCUT2D eigenvalue weighted by Gasteiger charge is -2.30. The van der Waals surface area contributed by atoms with Crippen LogP contribution in [0.1, 0.15) is 41.4 Å². The number of aliphatic hydroxyl groups is 1. The van der Waals surface area contributed by atoms with E-state index in [2.05, 4.69) is 10.3 Å². The fourth-order valence-electron chi connectivity index (χ4n) is 5.41. The molecule has 4 N–H and O–H groups in total. The summed E-state index contributed by atoms with van der Waals surface area (Å²) in [7, 11) is 1.49. The fraction of sp³-hybridized carbons (Fsp3) is 0.290. The van der Waals surface area contributed by atoms with Gasteiger partial charge in [0, 0.05) is 28.3 Å². The second-order valence-electron chi connectivity index (χ2n) is 11.0. The van der Waals surface area contributed by atoms with Crippen molar-refractivity contribution in [2.24, 2.45) is 11.7 Å². The van der Waals surface area contributed by atoms with Crippen molar-refractivity contribution in [1.82, 2.24) is 15.3 Å². The van der Waals surface area contributed by atoms with Crippen LogP contribution >= 0.6 is 11.6 Å². The largest absolute Gasteiger partial charge is 0.494 e. The number of aromatic nitrogens is 2. The molecule has 2 aromatic heterocycles. The number of nitrogens with zero attached hydrogens (tertiary/aromatic N) is 2. The molecular weight excluding hydrogens is 563 g/mol. The van der Waals surface area contributed by atoms with E-state index >= 15 is 0 Å². The predicted octanol–water partition coefficient (Wildman–Crippen LogP) is 4.26. The highest BCUT2D eigenvalue weighted by Gasteiger charge is 2.50. The third-order valence-electron chi connectivity index (χ3n) is 8.15. The Labute approximate surface area is 245 Å². The SMILES string of the molecule is COc1cc(C(=O)NCC(O)(c2cc3c(c(-c4ccc(F)cc4)n2)OC[C@]3(C)C(N)=O)C2CC2)cc2cc(Cl)cnc12. The minimum atomic E-state index is -1.58. The zero-order valence-corrected chi connectivity index (χ0v) is 23.7. The number of rotatable bonds is 8. The molecule has 3 heterocycles. The molecule has 2 atom stereocenters. The van der Waals surface area contributed by atoms with Crippen molar-refractivity contribution in [2.75, 3.05) is 20.3 Å². The van der Waals surface area contributed by atoms with Crippen LogP contribution in [0.5, 0.6) is 11.5 Å². The smallest absolute Gasteiger partial charge is 0.251 e. The third-order valence-corrected chi connectivity index (χ3v) is 8.35. The monoisotopic (exact) mass is 590 g/mol. The minimum absolute atomic E-state index is 0.00173. The average molecular weight is 591 g/mol. The number of primary amides is 1. The standard InChI is InChI=1S/C31H28ClFN4O5/c1-30(29(34)39)15-42-27-22(30)12-24(37-26(27)16-3-7-21(33)8-4-16)31(40,19-5-6-19)14-36-28(38)18-9-17-10-20(32)13-35-25(17)23(11-18)41-2/h3-4,7-13,19,40H,5-6,14-15H2,1-2H3,(H2,34,39)(H,36,38)/t30-,31?/m0/s1. The van der Waals surface area contributed by atoms with E-state index in [0.717, 1.165) is 0 Å². The van der Waals surface area contributed by atoms with Crippen LogP contribution in [-0.2, 0) is 15.8 Å². The summed E-state index contributed by atoms with van der Waals surface area (Å²) < 4.78 is 25.1. The number of nitrogens with two attached hydrogens (primary N) is 1. The number of carbonyl (C=O) groups is 2. The Morgan fingerprint density at radius 2 is 1.98 bits per heavy atom.